The summed E-state index contributed by atoms with van der Waals surface area (Å²) in [4.78, 5) is 17.1. The van der Waals surface area contributed by atoms with Crippen molar-refractivity contribution in [2.24, 2.45) is 0 Å². The van der Waals surface area contributed by atoms with E-state index in [0.29, 0.717) is 18.0 Å². The molecule has 1 saturated heterocycles. The van der Waals surface area contributed by atoms with Gasteiger partial charge in [0.25, 0.3) is 0 Å². The third-order valence-electron chi connectivity index (χ3n) is 5.32. The lowest BCUT2D eigenvalue weighted by Gasteiger charge is -2.34. The van der Waals surface area contributed by atoms with Gasteiger partial charge in [-0.25, -0.2) is 8.42 Å². The number of nitrogens with one attached hydrogen (secondary N) is 1. The van der Waals surface area contributed by atoms with Crippen molar-refractivity contribution in [1.29, 1.82) is 0 Å². The third kappa shape index (κ3) is 6.35. The fourth-order valence-corrected chi connectivity index (χ4v) is 4.29. The van der Waals surface area contributed by atoms with E-state index in [1.54, 1.807) is 24.3 Å². The first-order valence-electron chi connectivity index (χ1n) is 10.2. The van der Waals surface area contributed by atoms with E-state index in [1.165, 1.54) is 12.8 Å². The van der Waals surface area contributed by atoms with Gasteiger partial charge in [0, 0.05) is 44.5 Å². The van der Waals surface area contributed by atoms with E-state index in [9.17, 15) is 13.2 Å². The van der Waals surface area contributed by atoms with E-state index in [4.69, 9.17) is 4.74 Å². The standard InChI is InChI=1S/C22H30N4O4S/c1-24-11-13-25(14-12-24)19-9-7-18(8-10-19)16-23-22(27)17-26(31(3,28)29)20-5-4-6-21(15-20)30-2/h4-10,15H,11-14,16-17H2,1-3H3,(H,23,27). The number of piperazine rings is 1. The summed E-state index contributed by atoms with van der Waals surface area (Å²) in [5, 5.41) is 2.81. The summed E-state index contributed by atoms with van der Waals surface area (Å²) in [6, 6.07) is 14.7. The van der Waals surface area contributed by atoms with Gasteiger partial charge in [-0.2, -0.15) is 0 Å². The highest BCUT2D eigenvalue weighted by Crippen LogP contribution is 2.23. The van der Waals surface area contributed by atoms with Gasteiger partial charge in [-0.05, 0) is 36.9 Å². The Hall–Kier alpha value is -2.78. The molecule has 0 aliphatic carbocycles. The fraction of sp³-hybridized carbons (Fsp3) is 0.409. The second kappa shape index (κ2) is 10.0. The number of benzene rings is 2. The van der Waals surface area contributed by atoms with Gasteiger partial charge in [0.05, 0.1) is 19.1 Å². The average Bonchev–Trinajstić information content (AvgIpc) is 2.76. The zero-order valence-corrected chi connectivity index (χ0v) is 19.1. The zero-order chi connectivity index (χ0) is 22.4. The zero-order valence-electron chi connectivity index (χ0n) is 18.2. The van der Waals surface area contributed by atoms with Crippen LogP contribution >= 0.6 is 0 Å². The van der Waals surface area contributed by atoms with Gasteiger partial charge < -0.3 is 19.9 Å². The predicted molar refractivity (Wildman–Crippen MR) is 123 cm³/mol. The number of hydrogen-bond donors (Lipinski definition) is 1. The Balaban J connectivity index is 1.59. The molecule has 1 aliphatic heterocycles. The van der Waals surface area contributed by atoms with Crippen molar-refractivity contribution >= 4 is 27.3 Å². The second-order valence-electron chi connectivity index (χ2n) is 7.70. The number of nitrogens with zero attached hydrogens (tertiary/aromatic N) is 3. The minimum atomic E-state index is -3.63. The fourth-order valence-electron chi connectivity index (χ4n) is 3.44. The van der Waals surface area contributed by atoms with Gasteiger partial charge in [0.2, 0.25) is 15.9 Å². The second-order valence-corrected chi connectivity index (χ2v) is 9.61. The van der Waals surface area contributed by atoms with Gasteiger partial charge in [-0.15, -0.1) is 0 Å². The topological polar surface area (TPSA) is 82.2 Å². The number of sulfonamides is 1. The maximum atomic E-state index is 12.5. The van der Waals surface area contributed by atoms with Crippen LogP contribution in [0.4, 0.5) is 11.4 Å². The molecule has 9 heteroatoms. The Morgan fingerprint density at radius 1 is 1.10 bits per heavy atom. The molecule has 0 spiro atoms. The minimum Gasteiger partial charge on any atom is -0.497 e. The quantitative estimate of drug-likeness (QED) is 0.662. The highest BCUT2D eigenvalue weighted by atomic mass is 32.2. The molecule has 3 rings (SSSR count). The lowest BCUT2D eigenvalue weighted by molar-refractivity contribution is -0.119. The van der Waals surface area contributed by atoms with Crippen LogP contribution in [0.25, 0.3) is 0 Å². The first-order chi connectivity index (χ1) is 14.8. The average molecular weight is 447 g/mol. The number of amides is 1. The maximum absolute atomic E-state index is 12.5. The Morgan fingerprint density at radius 2 is 1.77 bits per heavy atom. The smallest absolute Gasteiger partial charge is 0.241 e. The van der Waals surface area contributed by atoms with E-state index in [0.717, 1.165) is 42.3 Å². The summed E-state index contributed by atoms with van der Waals surface area (Å²) in [5.74, 6) is 0.142. The van der Waals surface area contributed by atoms with Crippen molar-refractivity contribution in [3.8, 4) is 5.75 Å². The third-order valence-corrected chi connectivity index (χ3v) is 6.46. The Bertz CT molecular complexity index is 987. The first-order valence-corrected chi connectivity index (χ1v) is 12.0. The monoisotopic (exact) mass is 446 g/mol. The SMILES string of the molecule is COc1cccc(N(CC(=O)NCc2ccc(N3CCN(C)CC3)cc2)S(C)(=O)=O)c1. The van der Waals surface area contributed by atoms with Crippen LogP contribution in [0.5, 0.6) is 5.75 Å². The Kier molecular flexibility index (Phi) is 7.40. The number of likely N-dealkylation sites (N-methyl/N-ethyl adjacent to an activating group) is 1. The largest absolute Gasteiger partial charge is 0.497 e. The summed E-state index contributed by atoms with van der Waals surface area (Å²) in [6.45, 7) is 4.11. The van der Waals surface area contributed by atoms with Gasteiger partial charge in [-0.3, -0.25) is 9.10 Å². The predicted octanol–water partition coefficient (Wildman–Crippen LogP) is 1.53. The van der Waals surface area contributed by atoms with Crippen LogP contribution in [0.2, 0.25) is 0 Å². The van der Waals surface area contributed by atoms with E-state index in [2.05, 4.69) is 34.3 Å². The van der Waals surface area contributed by atoms with Crippen LogP contribution in [0.3, 0.4) is 0 Å². The van der Waals surface area contributed by atoms with Crippen LogP contribution in [0.1, 0.15) is 5.56 Å². The summed E-state index contributed by atoms with van der Waals surface area (Å²) in [5.41, 5.74) is 2.51. The maximum Gasteiger partial charge on any atom is 0.241 e. The van der Waals surface area contributed by atoms with Crippen molar-refractivity contribution in [2.45, 2.75) is 6.54 Å². The summed E-state index contributed by atoms with van der Waals surface area (Å²) < 4.78 is 30.7. The molecule has 31 heavy (non-hydrogen) atoms. The number of ether oxygens (including phenoxy) is 1. The molecule has 168 valence electrons. The highest BCUT2D eigenvalue weighted by molar-refractivity contribution is 7.92. The van der Waals surface area contributed by atoms with Crippen LogP contribution in [-0.4, -0.2) is 72.4 Å². The van der Waals surface area contributed by atoms with Crippen LogP contribution in [0, 0.1) is 0 Å². The molecule has 0 saturated carbocycles. The van der Waals surface area contributed by atoms with Gasteiger partial charge >= 0.3 is 0 Å². The van der Waals surface area contributed by atoms with Crippen LogP contribution < -0.4 is 19.3 Å². The van der Waals surface area contributed by atoms with Crippen molar-refractivity contribution in [2.75, 3.05) is 62.3 Å². The Morgan fingerprint density at radius 3 is 2.39 bits per heavy atom. The summed E-state index contributed by atoms with van der Waals surface area (Å²) in [7, 11) is -0.00212. The van der Waals surface area contributed by atoms with Gasteiger partial charge in [-0.1, -0.05) is 18.2 Å². The van der Waals surface area contributed by atoms with E-state index < -0.39 is 10.0 Å². The normalized spacial score (nSPS) is 14.9. The van der Waals surface area contributed by atoms with E-state index in [1.807, 2.05) is 12.1 Å². The van der Waals surface area contributed by atoms with Crippen molar-refractivity contribution in [3.63, 3.8) is 0 Å². The van der Waals surface area contributed by atoms with Crippen molar-refractivity contribution < 1.29 is 17.9 Å². The molecule has 8 nitrogen and oxygen atoms in total. The molecule has 0 radical (unpaired) electrons. The lowest BCUT2D eigenvalue weighted by Crippen LogP contribution is -2.44. The van der Waals surface area contributed by atoms with E-state index in [-0.39, 0.29) is 12.5 Å². The molecule has 1 fully saturated rings. The van der Waals surface area contributed by atoms with Crippen LogP contribution in [0.15, 0.2) is 48.5 Å². The number of hydrogen-bond acceptors (Lipinski definition) is 6. The van der Waals surface area contributed by atoms with Crippen molar-refractivity contribution in [1.82, 2.24) is 10.2 Å². The molecule has 2 aromatic carbocycles. The molecule has 0 unspecified atom stereocenters. The Labute approximate surface area is 184 Å². The summed E-state index contributed by atoms with van der Waals surface area (Å²) >= 11 is 0. The first kappa shape index (κ1) is 22.9. The number of rotatable bonds is 8. The molecule has 0 bridgehead atoms. The summed E-state index contributed by atoms with van der Waals surface area (Å²) in [6.07, 6.45) is 1.08. The molecule has 1 N–H and O–H groups in total. The van der Waals surface area contributed by atoms with Gasteiger partial charge in [0.1, 0.15) is 12.3 Å². The molecular weight excluding hydrogens is 416 g/mol. The van der Waals surface area contributed by atoms with Crippen LogP contribution in [-0.2, 0) is 21.4 Å². The van der Waals surface area contributed by atoms with E-state index >= 15 is 0 Å². The number of methoxy groups -OCH3 is 1. The minimum absolute atomic E-state index is 0.300. The molecule has 0 aromatic heterocycles. The van der Waals surface area contributed by atoms with Gasteiger partial charge in [0.15, 0.2) is 0 Å². The molecule has 1 amide bonds. The number of carbonyl (C=O) groups excluding carboxylic acids is 1. The highest BCUT2D eigenvalue weighted by Gasteiger charge is 2.21. The number of carbonyl (C=O) groups is 1. The molecule has 1 heterocycles. The number of anilines is 2. The molecular formula is C22H30N4O4S. The van der Waals surface area contributed by atoms with Crippen molar-refractivity contribution in [3.05, 3.63) is 54.1 Å². The molecule has 0 atom stereocenters. The molecule has 2 aromatic rings. The lowest BCUT2D eigenvalue weighted by atomic mass is 10.1. The molecule has 1 aliphatic rings.